The van der Waals surface area contributed by atoms with Crippen molar-refractivity contribution in [2.75, 3.05) is 0 Å². The molecule has 2 aromatic rings. The van der Waals surface area contributed by atoms with Crippen molar-refractivity contribution in [1.82, 2.24) is 25.3 Å². The summed E-state index contributed by atoms with van der Waals surface area (Å²) in [6.07, 6.45) is 0. The fourth-order valence-corrected chi connectivity index (χ4v) is 1.82. The van der Waals surface area contributed by atoms with E-state index < -0.39 is 5.91 Å². The number of amides is 1. The molecule has 0 fully saturated rings. The molecular formula is C9H11IN6O2. The first-order valence-electron chi connectivity index (χ1n) is 5.06. The first-order chi connectivity index (χ1) is 8.52. The minimum atomic E-state index is -0.614. The third-order valence-electron chi connectivity index (χ3n) is 2.38. The summed E-state index contributed by atoms with van der Waals surface area (Å²) in [4.78, 5) is 15.1. The summed E-state index contributed by atoms with van der Waals surface area (Å²) in [5.74, 6) is 4.56. The molecule has 18 heavy (non-hydrogen) atoms. The lowest BCUT2D eigenvalue weighted by Gasteiger charge is -1.99. The maximum absolute atomic E-state index is 11.1. The van der Waals surface area contributed by atoms with E-state index in [1.807, 2.05) is 19.3 Å². The van der Waals surface area contributed by atoms with Crippen LogP contribution in [0.25, 0.3) is 0 Å². The molecule has 0 unspecified atom stereocenters. The molecule has 0 aromatic carbocycles. The smallest absolute Gasteiger partial charge is 0.323 e. The van der Waals surface area contributed by atoms with Crippen LogP contribution in [0.15, 0.2) is 4.52 Å². The molecule has 0 aliphatic heterocycles. The fourth-order valence-electron chi connectivity index (χ4n) is 1.44. The Morgan fingerprint density at radius 2 is 2.28 bits per heavy atom. The molecule has 0 saturated carbocycles. The standard InChI is InChI=1S/C9H11IN6O2/c1-4-7(10)5(2)16(14-4)3-6-12-9(18-15-6)8(17)13-11/h3,11H2,1-2H3,(H,13,17). The Morgan fingerprint density at radius 1 is 1.56 bits per heavy atom. The minimum Gasteiger partial charge on any atom is -0.328 e. The summed E-state index contributed by atoms with van der Waals surface area (Å²) in [5, 5.41) is 8.04. The van der Waals surface area contributed by atoms with Crippen LogP contribution in [0.2, 0.25) is 0 Å². The van der Waals surface area contributed by atoms with Gasteiger partial charge in [-0.05, 0) is 36.4 Å². The number of nitrogens with one attached hydrogen (secondary N) is 1. The number of aryl methyl sites for hydroxylation is 1. The topological polar surface area (TPSA) is 112 Å². The highest BCUT2D eigenvalue weighted by Gasteiger charge is 2.16. The van der Waals surface area contributed by atoms with Crippen molar-refractivity contribution in [3.63, 3.8) is 0 Å². The second-order valence-corrected chi connectivity index (χ2v) is 4.71. The molecule has 2 heterocycles. The van der Waals surface area contributed by atoms with Gasteiger partial charge in [0.2, 0.25) is 0 Å². The van der Waals surface area contributed by atoms with E-state index in [1.165, 1.54) is 0 Å². The van der Waals surface area contributed by atoms with Crippen molar-refractivity contribution in [1.29, 1.82) is 0 Å². The number of hydrogen-bond donors (Lipinski definition) is 2. The van der Waals surface area contributed by atoms with Gasteiger partial charge in [0, 0.05) is 5.69 Å². The first kappa shape index (κ1) is 13.0. The lowest BCUT2D eigenvalue weighted by atomic mass is 10.4. The number of carbonyl (C=O) groups is 1. The van der Waals surface area contributed by atoms with Crippen molar-refractivity contribution in [3.05, 3.63) is 26.7 Å². The normalized spacial score (nSPS) is 10.7. The lowest BCUT2D eigenvalue weighted by molar-refractivity contribution is 0.0910. The van der Waals surface area contributed by atoms with Gasteiger partial charge in [0.1, 0.15) is 6.54 Å². The van der Waals surface area contributed by atoms with E-state index in [9.17, 15) is 4.79 Å². The third-order valence-corrected chi connectivity index (χ3v) is 3.94. The van der Waals surface area contributed by atoms with E-state index in [0.29, 0.717) is 12.4 Å². The van der Waals surface area contributed by atoms with Crippen LogP contribution in [0.5, 0.6) is 0 Å². The number of aromatic nitrogens is 4. The largest absolute Gasteiger partial charge is 0.328 e. The minimum absolute atomic E-state index is 0.163. The van der Waals surface area contributed by atoms with Gasteiger partial charge in [-0.2, -0.15) is 10.1 Å². The van der Waals surface area contributed by atoms with Gasteiger partial charge < -0.3 is 4.52 Å². The monoisotopic (exact) mass is 362 g/mol. The Morgan fingerprint density at radius 3 is 2.83 bits per heavy atom. The van der Waals surface area contributed by atoms with E-state index in [2.05, 4.69) is 37.8 Å². The molecule has 0 atom stereocenters. The molecule has 0 radical (unpaired) electrons. The molecular weight excluding hydrogens is 351 g/mol. The Balaban J connectivity index is 2.21. The SMILES string of the molecule is Cc1nn(Cc2noc(C(=O)NN)n2)c(C)c1I. The van der Waals surface area contributed by atoms with Crippen LogP contribution in [-0.2, 0) is 6.54 Å². The van der Waals surface area contributed by atoms with E-state index >= 15 is 0 Å². The second kappa shape index (κ2) is 5.02. The van der Waals surface area contributed by atoms with Crippen LogP contribution in [-0.4, -0.2) is 25.8 Å². The average molecular weight is 362 g/mol. The Labute approximate surface area is 116 Å². The van der Waals surface area contributed by atoms with Crippen molar-refractivity contribution < 1.29 is 9.32 Å². The van der Waals surface area contributed by atoms with Gasteiger partial charge in [-0.25, -0.2) is 5.84 Å². The van der Waals surface area contributed by atoms with Gasteiger partial charge in [-0.15, -0.1) is 0 Å². The van der Waals surface area contributed by atoms with Gasteiger partial charge >= 0.3 is 11.8 Å². The van der Waals surface area contributed by atoms with Gasteiger partial charge in [-0.1, -0.05) is 5.16 Å². The molecule has 2 aromatic heterocycles. The second-order valence-electron chi connectivity index (χ2n) is 3.63. The molecule has 9 heteroatoms. The van der Waals surface area contributed by atoms with Crippen LogP contribution in [0, 0.1) is 17.4 Å². The van der Waals surface area contributed by atoms with Crippen molar-refractivity contribution in [2.45, 2.75) is 20.4 Å². The van der Waals surface area contributed by atoms with Crippen LogP contribution in [0.4, 0.5) is 0 Å². The maximum atomic E-state index is 11.1. The van der Waals surface area contributed by atoms with E-state index in [1.54, 1.807) is 4.68 Å². The summed E-state index contributed by atoms with van der Waals surface area (Å²) in [6.45, 7) is 4.22. The molecule has 8 nitrogen and oxygen atoms in total. The zero-order valence-corrected chi connectivity index (χ0v) is 11.9. The van der Waals surface area contributed by atoms with Crippen molar-refractivity contribution in [3.8, 4) is 0 Å². The number of carbonyl (C=O) groups excluding carboxylic acids is 1. The summed E-state index contributed by atoms with van der Waals surface area (Å²) < 4.78 is 7.62. The number of nitrogens with two attached hydrogens (primary N) is 1. The number of hydrogen-bond acceptors (Lipinski definition) is 6. The molecule has 2 rings (SSSR count). The van der Waals surface area contributed by atoms with E-state index in [0.717, 1.165) is 15.0 Å². The quantitative estimate of drug-likeness (QED) is 0.348. The predicted octanol–water partition coefficient (Wildman–Crippen LogP) is 0.139. The highest BCUT2D eigenvalue weighted by Crippen LogP contribution is 2.15. The zero-order chi connectivity index (χ0) is 13.3. The van der Waals surface area contributed by atoms with Gasteiger partial charge in [0.25, 0.3) is 0 Å². The molecule has 0 aliphatic rings. The number of rotatable bonds is 3. The summed E-state index contributed by atoms with van der Waals surface area (Å²) in [6, 6.07) is 0. The summed E-state index contributed by atoms with van der Waals surface area (Å²) in [7, 11) is 0. The number of hydrazine groups is 1. The predicted molar refractivity (Wildman–Crippen MR) is 69.5 cm³/mol. The average Bonchev–Trinajstić information content (AvgIpc) is 2.91. The summed E-state index contributed by atoms with van der Waals surface area (Å²) in [5.41, 5.74) is 3.88. The molecule has 0 saturated heterocycles. The first-order valence-corrected chi connectivity index (χ1v) is 6.14. The third kappa shape index (κ3) is 2.36. The molecule has 0 bridgehead atoms. The lowest BCUT2D eigenvalue weighted by Crippen LogP contribution is -2.30. The van der Waals surface area contributed by atoms with Gasteiger partial charge in [0.15, 0.2) is 5.82 Å². The Bertz CT molecular complexity index is 590. The van der Waals surface area contributed by atoms with Crippen molar-refractivity contribution in [2.24, 2.45) is 5.84 Å². The molecule has 1 amide bonds. The zero-order valence-electron chi connectivity index (χ0n) is 9.77. The maximum Gasteiger partial charge on any atom is 0.323 e. The van der Waals surface area contributed by atoms with Crippen LogP contribution in [0.3, 0.4) is 0 Å². The highest BCUT2D eigenvalue weighted by molar-refractivity contribution is 14.1. The molecule has 0 spiro atoms. The van der Waals surface area contributed by atoms with Gasteiger partial charge in [-0.3, -0.25) is 14.9 Å². The van der Waals surface area contributed by atoms with E-state index in [-0.39, 0.29) is 5.89 Å². The number of nitrogen functional groups attached to an aromatic ring is 1. The Kier molecular flexibility index (Phi) is 3.61. The molecule has 96 valence electrons. The van der Waals surface area contributed by atoms with Crippen LogP contribution in [0.1, 0.15) is 27.9 Å². The Hall–Kier alpha value is -1.49. The summed E-state index contributed by atoms with van der Waals surface area (Å²) >= 11 is 2.23. The number of halogens is 1. The van der Waals surface area contributed by atoms with Crippen LogP contribution < -0.4 is 11.3 Å². The fraction of sp³-hybridized carbons (Fsp3) is 0.333. The van der Waals surface area contributed by atoms with Crippen LogP contribution >= 0.6 is 22.6 Å². The molecule has 0 aliphatic carbocycles. The number of nitrogens with zero attached hydrogens (tertiary/aromatic N) is 4. The van der Waals surface area contributed by atoms with Crippen molar-refractivity contribution >= 4 is 28.5 Å². The van der Waals surface area contributed by atoms with E-state index in [4.69, 9.17) is 10.4 Å². The molecule has 3 N–H and O–H groups in total. The highest BCUT2D eigenvalue weighted by atomic mass is 127. The van der Waals surface area contributed by atoms with Gasteiger partial charge in [0.05, 0.1) is 9.26 Å².